The van der Waals surface area contributed by atoms with Gasteiger partial charge in [-0.1, -0.05) is 43.2 Å². The van der Waals surface area contributed by atoms with Crippen molar-refractivity contribution in [2.24, 2.45) is 0 Å². The number of piperidine rings is 1. The molecule has 1 aromatic carbocycles. The lowest BCUT2D eigenvalue weighted by atomic mass is 9.95. The van der Waals surface area contributed by atoms with Crippen LogP contribution in [0.15, 0.2) is 30.3 Å². The molecule has 6 heteroatoms. The summed E-state index contributed by atoms with van der Waals surface area (Å²) in [4.78, 5) is 25.2. The van der Waals surface area contributed by atoms with Crippen LogP contribution in [0.25, 0.3) is 0 Å². The van der Waals surface area contributed by atoms with Crippen LogP contribution in [0.1, 0.15) is 44.1 Å². The lowest BCUT2D eigenvalue weighted by Gasteiger charge is -2.32. The summed E-state index contributed by atoms with van der Waals surface area (Å²) in [5.74, 6) is -0.0337. The Balaban J connectivity index is 1.55. The molecule has 1 aliphatic heterocycles. The molecule has 4 N–H and O–H groups in total. The normalized spacial score (nSPS) is 22.2. The molecule has 0 spiro atoms. The fourth-order valence-electron chi connectivity index (χ4n) is 3.73. The van der Waals surface area contributed by atoms with Gasteiger partial charge < -0.3 is 21.3 Å². The second kappa shape index (κ2) is 8.34. The molecule has 3 rings (SSSR count). The predicted octanol–water partition coefficient (Wildman–Crippen LogP) is 1.67. The molecule has 2 fully saturated rings. The van der Waals surface area contributed by atoms with Crippen LogP contribution in [-0.4, -0.2) is 36.6 Å². The molecular weight excluding hydrogens is 316 g/mol. The van der Waals surface area contributed by atoms with Crippen molar-refractivity contribution in [3.05, 3.63) is 35.9 Å². The lowest BCUT2D eigenvalue weighted by molar-refractivity contribution is -0.128. The van der Waals surface area contributed by atoms with E-state index in [0.717, 1.165) is 44.3 Å². The number of benzene rings is 1. The summed E-state index contributed by atoms with van der Waals surface area (Å²) in [7, 11) is 0. The van der Waals surface area contributed by atoms with Gasteiger partial charge in [-0.05, 0) is 37.8 Å². The molecular formula is C19H28N4O2. The van der Waals surface area contributed by atoms with E-state index in [1.54, 1.807) is 0 Å². The molecule has 6 nitrogen and oxygen atoms in total. The van der Waals surface area contributed by atoms with Crippen LogP contribution < -0.4 is 21.3 Å². The minimum Gasteiger partial charge on any atom is -0.350 e. The van der Waals surface area contributed by atoms with E-state index in [2.05, 4.69) is 21.3 Å². The molecule has 3 amide bonds. The van der Waals surface area contributed by atoms with E-state index in [1.807, 2.05) is 30.3 Å². The Morgan fingerprint density at radius 2 is 1.88 bits per heavy atom. The van der Waals surface area contributed by atoms with E-state index in [0.29, 0.717) is 19.4 Å². The van der Waals surface area contributed by atoms with Crippen LogP contribution in [0.4, 0.5) is 4.79 Å². The van der Waals surface area contributed by atoms with E-state index in [4.69, 9.17) is 0 Å². The first-order valence-corrected chi connectivity index (χ1v) is 9.30. The standard InChI is InChI=1S/C19H28N4O2/c24-17(22-16-9-6-12-20-14-16)19(10-4-5-11-19)23-18(25)21-13-15-7-2-1-3-8-15/h1-3,7-8,16,20H,4-6,9-14H2,(H,22,24)(H2,21,23,25). The van der Waals surface area contributed by atoms with Crippen molar-refractivity contribution in [2.75, 3.05) is 13.1 Å². The van der Waals surface area contributed by atoms with E-state index in [-0.39, 0.29) is 18.0 Å². The summed E-state index contributed by atoms with van der Waals surface area (Å²) < 4.78 is 0. The van der Waals surface area contributed by atoms with E-state index < -0.39 is 5.54 Å². The fraction of sp³-hybridized carbons (Fsp3) is 0.579. The minimum atomic E-state index is -0.766. The Hall–Kier alpha value is -2.08. The molecule has 1 aliphatic carbocycles. The maximum Gasteiger partial charge on any atom is 0.315 e. The molecule has 25 heavy (non-hydrogen) atoms. The first-order valence-electron chi connectivity index (χ1n) is 9.30. The van der Waals surface area contributed by atoms with Crippen molar-refractivity contribution in [2.45, 2.75) is 56.7 Å². The van der Waals surface area contributed by atoms with Gasteiger partial charge in [-0.25, -0.2) is 4.79 Å². The first-order chi connectivity index (χ1) is 12.2. The Morgan fingerprint density at radius 3 is 2.56 bits per heavy atom. The first kappa shape index (κ1) is 17.7. The van der Waals surface area contributed by atoms with Crippen LogP contribution >= 0.6 is 0 Å². The van der Waals surface area contributed by atoms with Crippen molar-refractivity contribution in [3.8, 4) is 0 Å². The molecule has 0 bridgehead atoms. The average molecular weight is 344 g/mol. The van der Waals surface area contributed by atoms with Crippen molar-refractivity contribution in [3.63, 3.8) is 0 Å². The summed E-state index contributed by atoms with van der Waals surface area (Å²) in [5, 5.41) is 12.3. The van der Waals surface area contributed by atoms with Gasteiger partial charge in [0, 0.05) is 19.1 Å². The van der Waals surface area contributed by atoms with Gasteiger partial charge >= 0.3 is 6.03 Å². The quantitative estimate of drug-likeness (QED) is 0.656. The van der Waals surface area contributed by atoms with Crippen LogP contribution in [0.3, 0.4) is 0 Å². The topological polar surface area (TPSA) is 82.3 Å². The van der Waals surface area contributed by atoms with Gasteiger partial charge in [0.15, 0.2) is 0 Å². The molecule has 1 saturated carbocycles. The number of rotatable bonds is 5. The fourth-order valence-corrected chi connectivity index (χ4v) is 3.73. The van der Waals surface area contributed by atoms with E-state index in [9.17, 15) is 9.59 Å². The van der Waals surface area contributed by atoms with Crippen LogP contribution in [0.5, 0.6) is 0 Å². The SMILES string of the molecule is O=C(NCc1ccccc1)NC1(C(=O)NC2CCCNC2)CCCC1. The van der Waals surface area contributed by atoms with Crippen molar-refractivity contribution < 1.29 is 9.59 Å². The zero-order valence-electron chi connectivity index (χ0n) is 14.6. The van der Waals surface area contributed by atoms with Crippen molar-refractivity contribution >= 4 is 11.9 Å². The predicted molar refractivity (Wildman–Crippen MR) is 97.0 cm³/mol. The highest BCUT2D eigenvalue weighted by Crippen LogP contribution is 2.30. The summed E-state index contributed by atoms with van der Waals surface area (Å²) in [6.07, 6.45) is 5.41. The van der Waals surface area contributed by atoms with Gasteiger partial charge in [0.2, 0.25) is 5.91 Å². The molecule has 0 aromatic heterocycles. The van der Waals surface area contributed by atoms with Crippen LogP contribution in [-0.2, 0) is 11.3 Å². The summed E-state index contributed by atoms with van der Waals surface area (Å²) in [6.45, 7) is 2.27. The number of hydrogen-bond acceptors (Lipinski definition) is 3. The molecule has 1 atom stereocenters. The Morgan fingerprint density at radius 1 is 1.12 bits per heavy atom. The second-order valence-electron chi connectivity index (χ2n) is 7.10. The third-order valence-corrected chi connectivity index (χ3v) is 5.17. The highest BCUT2D eigenvalue weighted by atomic mass is 16.2. The second-order valence-corrected chi connectivity index (χ2v) is 7.10. The summed E-state index contributed by atoms with van der Waals surface area (Å²) >= 11 is 0. The van der Waals surface area contributed by atoms with Crippen molar-refractivity contribution in [1.82, 2.24) is 21.3 Å². The highest BCUT2D eigenvalue weighted by Gasteiger charge is 2.43. The van der Waals surface area contributed by atoms with Gasteiger partial charge in [0.1, 0.15) is 5.54 Å². The van der Waals surface area contributed by atoms with Gasteiger partial charge in [0.25, 0.3) is 0 Å². The maximum atomic E-state index is 12.9. The Kier molecular flexibility index (Phi) is 5.91. The third-order valence-electron chi connectivity index (χ3n) is 5.17. The monoisotopic (exact) mass is 344 g/mol. The molecule has 136 valence electrons. The van der Waals surface area contributed by atoms with Crippen molar-refractivity contribution in [1.29, 1.82) is 0 Å². The number of carbonyl (C=O) groups is 2. The Bertz CT molecular complexity index is 578. The third kappa shape index (κ3) is 4.72. The van der Waals surface area contributed by atoms with Crippen LogP contribution in [0, 0.1) is 0 Å². The number of hydrogen-bond donors (Lipinski definition) is 4. The maximum absolute atomic E-state index is 12.9. The smallest absolute Gasteiger partial charge is 0.315 e. The number of nitrogens with one attached hydrogen (secondary N) is 4. The number of amides is 3. The molecule has 2 aliphatic rings. The van der Waals surface area contributed by atoms with E-state index >= 15 is 0 Å². The molecule has 1 heterocycles. The van der Waals surface area contributed by atoms with Crippen LogP contribution in [0.2, 0.25) is 0 Å². The number of urea groups is 1. The zero-order chi connectivity index (χ0) is 17.5. The van der Waals surface area contributed by atoms with E-state index in [1.165, 1.54) is 0 Å². The minimum absolute atomic E-state index is 0.0337. The molecule has 1 unspecified atom stereocenters. The van der Waals surface area contributed by atoms with Gasteiger partial charge in [-0.15, -0.1) is 0 Å². The number of carbonyl (C=O) groups excluding carboxylic acids is 2. The average Bonchev–Trinajstić information content (AvgIpc) is 3.11. The highest BCUT2D eigenvalue weighted by molar-refractivity contribution is 5.91. The Labute approximate surface area is 149 Å². The van der Waals surface area contributed by atoms with Gasteiger partial charge in [-0.2, -0.15) is 0 Å². The zero-order valence-corrected chi connectivity index (χ0v) is 14.6. The largest absolute Gasteiger partial charge is 0.350 e. The van der Waals surface area contributed by atoms with Gasteiger partial charge in [0.05, 0.1) is 0 Å². The molecule has 0 radical (unpaired) electrons. The summed E-state index contributed by atoms with van der Waals surface area (Å²) in [6, 6.07) is 9.65. The molecule has 1 aromatic rings. The van der Waals surface area contributed by atoms with Gasteiger partial charge in [-0.3, -0.25) is 4.79 Å². The lowest BCUT2D eigenvalue weighted by Crippen LogP contribution is -2.61. The summed E-state index contributed by atoms with van der Waals surface area (Å²) in [5.41, 5.74) is 0.272. The molecule has 1 saturated heterocycles.